The van der Waals surface area contributed by atoms with Crippen LogP contribution in [0, 0.1) is 5.92 Å². The summed E-state index contributed by atoms with van der Waals surface area (Å²) in [7, 11) is -2.96. The maximum Gasteiger partial charge on any atom is 1.00 e. The molecule has 0 saturated heterocycles. The predicted octanol–water partition coefficient (Wildman–Crippen LogP) is -2.00. The van der Waals surface area contributed by atoms with Crippen LogP contribution in [0.2, 0.25) is 0 Å². The van der Waals surface area contributed by atoms with Crippen molar-refractivity contribution in [3.8, 4) is 0 Å². The van der Waals surface area contributed by atoms with E-state index in [2.05, 4.69) is 18.3 Å². The van der Waals surface area contributed by atoms with Crippen LogP contribution in [0.25, 0.3) is 0 Å². The topological polar surface area (TPSA) is 49.4 Å². The first-order valence-electron chi connectivity index (χ1n) is 4.54. The normalized spacial score (nSPS) is 11.5. The number of hydrogen-bond donors (Lipinski definition) is 0. The van der Waals surface area contributed by atoms with Gasteiger partial charge >= 0.3 is 67.4 Å². The second kappa shape index (κ2) is 11.5. The average molecular weight is 275 g/mol. The first-order chi connectivity index (χ1) is 5.70. The largest absolute Gasteiger partial charge is 1.00 e. The van der Waals surface area contributed by atoms with Crippen molar-refractivity contribution in [1.29, 1.82) is 0 Å². The molecule has 0 aliphatic heterocycles. The van der Waals surface area contributed by atoms with Gasteiger partial charge < -0.3 is 13.7 Å². The summed E-state index contributed by atoms with van der Waals surface area (Å²) < 4.78 is 14.7. The van der Waals surface area contributed by atoms with Crippen LogP contribution in [0.15, 0.2) is 0 Å². The number of rotatable bonds is 7. The summed E-state index contributed by atoms with van der Waals surface area (Å²) >= 11 is 0. The van der Waals surface area contributed by atoms with Crippen molar-refractivity contribution in [2.24, 2.45) is 5.92 Å². The minimum atomic E-state index is -2.96. The third-order valence-electron chi connectivity index (χ3n) is 1.98. The fourth-order valence-electron chi connectivity index (χ4n) is 1.08. The molecule has 0 bridgehead atoms. The van der Waals surface area contributed by atoms with Gasteiger partial charge in [0.25, 0.3) is 0 Å². The van der Waals surface area contributed by atoms with Gasteiger partial charge in [-0.15, -0.1) is 0 Å². The smallest absolute Gasteiger partial charge is 0.588 e. The van der Waals surface area contributed by atoms with E-state index in [0.717, 1.165) is 25.7 Å². The van der Waals surface area contributed by atoms with Crippen LogP contribution in [0.1, 0.15) is 39.5 Å². The molecule has 0 saturated carbocycles. The molecule has 5 heteroatoms. The maximum atomic E-state index is 10.1. The van der Waals surface area contributed by atoms with E-state index in [0.29, 0.717) is 12.5 Å². The Hall–Kier alpha value is 1.42. The van der Waals surface area contributed by atoms with Crippen molar-refractivity contribution < 1.29 is 71.9 Å². The minimum Gasteiger partial charge on any atom is -0.588 e. The van der Waals surface area contributed by atoms with Gasteiger partial charge in [-0.25, -0.2) is 0 Å². The Balaban J connectivity index is 0. The number of hydrogen-bond acceptors (Lipinski definition) is 3. The van der Waals surface area contributed by atoms with Crippen molar-refractivity contribution in [1.82, 2.24) is 0 Å². The summed E-state index contributed by atoms with van der Waals surface area (Å²) in [4.78, 5) is 10.1. The summed E-state index contributed by atoms with van der Waals surface area (Å²) in [5.74, 6) is 0.410. The Morgan fingerprint density at radius 3 is 2.46 bits per heavy atom. The molecule has 0 rings (SSSR count). The van der Waals surface area contributed by atoms with Crippen LogP contribution in [0.3, 0.4) is 0 Å². The second-order valence-electron chi connectivity index (χ2n) is 2.98. The first-order valence-corrected chi connectivity index (χ1v) is 5.76. The molecule has 1 atom stereocenters. The molecule has 0 aromatic heterocycles. The Kier molecular flexibility index (Phi) is 14.9. The Bertz CT molecular complexity index is 133. The van der Waals surface area contributed by atoms with Crippen molar-refractivity contribution in [2.45, 2.75) is 39.5 Å². The Morgan fingerprint density at radius 2 is 2.08 bits per heavy atom. The van der Waals surface area contributed by atoms with E-state index in [1.54, 1.807) is 0 Å². The van der Waals surface area contributed by atoms with Gasteiger partial charge in [-0.3, -0.25) is 0 Å². The third kappa shape index (κ3) is 11.3. The van der Waals surface area contributed by atoms with Crippen LogP contribution in [-0.2, 0) is 8.89 Å². The Morgan fingerprint density at radius 1 is 1.46 bits per heavy atom. The van der Waals surface area contributed by atoms with Crippen LogP contribution in [0.5, 0.6) is 0 Å². The molecule has 0 amide bonds. The summed E-state index contributed by atoms with van der Waals surface area (Å²) in [5.41, 5.74) is 0. The van der Waals surface area contributed by atoms with Gasteiger partial charge in [0.05, 0.1) is 0 Å². The van der Waals surface area contributed by atoms with E-state index in [9.17, 15) is 9.26 Å². The molecule has 0 heterocycles. The molecule has 0 fully saturated rings. The van der Waals surface area contributed by atoms with Crippen molar-refractivity contribution in [2.75, 3.05) is 6.61 Å². The molecule has 1 unspecified atom stereocenters. The summed E-state index contributed by atoms with van der Waals surface area (Å²) in [6.07, 6.45) is 4.38. The second-order valence-corrected chi connectivity index (χ2v) is 3.77. The van der Waals surface area contributed by atoms with Crippen molar-refractivity contribution in [3.63, 3.8) is 0 Å². The fourth-order valence-corrected chi connectivity index (χ4v) is 1.46. The van der Waals surface area contributed by atoms with Gasteiger partial charge in [0.15, 0.2) is 0 Å². The molecule has 0 aromatic rings. The van der Waals surface area contributed by atoms with Gasteiger partial charge in [0.1, 0.15) is 0 Å². The third-order valence-corrected chi connectivity index (χ3v) is 2.38. The standard InChI is InChI=1S/C8H17O3Si.Rb/c1-3-5-6-8(4-2)7-11-12(9)10;/h8H,3-7H2,1-2H3;/q-1;+1. The summed E-state index contributed by atoms with van der Waals surface area (Å²) in [6.45, 7) is 4.56. The molecule has 3 nitrogen and oxygen atoms in total. The molecule has 0 spiro atoms. The SMILES string of the molecule is CCCCC(CC)CO[Si](=O)[O-].[Rb+]. The van der Waals surface area contributed by atoms with E-state index in [1.807, 2.05) is 0 Å². The summed E-state index contributed by atoms with van der Waals surface area (Å²) in [6, 6.07) is 0. The van der Waals surface area contributed by atoms with Crippen molar-refractivity contribution in [3.05, 3.63) is 0 Å². The predicted molar refractivity (Wildman–Crippen MR) is 45.7 cm³/mol. The van der Waals surface area contributed by atoms with Crippen molar-refractivity contribution >= 4 is 9.17 Å². The molecule has 0 N–H and O–H groups in total. The first kappa shape index (κ1) is 16.8. The van der Waals surface area contributed by atoms with E-state index in [4.69, 9.17) is 0 Å². The van der Waals surface area contributed by atoms with Crippen LogP contribution >= 0.6 is 0 Å². The van der Waals surface area contributed by atoms with Gasteiger partial charge in [-0.1, -0.05) is 33.1 Å². The Labute approximate surface area is 131 Å². The van der Waals surface area contributed by atoms with Gasteiger partial charge in [-0.05, 0) is 12.3 Å². The zero-order valence-electron chi connectivity index (χ0n) is 8.84. The van der Waals surface area contributed by atoms with Crippen LogP contribution in [-0.4, -0.2) is 15.8 Å². The molecular weight excluding hydrogens is 258 g/mol. The molecule has 0 radical (unpaired) electrons. The quantitative estimate of drug-likeness (QED) is 0.505. The van der Waals surface area contributed by atoms with E-state index in [1.165, 1.54) is 0 Å². The zero-order chi connectivity index (χ0) is 9.40. The number of unbranched alkanes of at least 4 members (excludes halogenated alkanes) is 1. The maximum absolute atomic E-state index is 10.1. The van der Waals surface area contributed by atoms with Gasteiger partial charge in [0.2, 0.25) is 0 Å². The fraction of sp³-hybridized carbons (Fsp3) is 1.00. The average Bonchev–Trinajstić information content (AvgIpc) is 2.05. The van der Waals surface area contributed by atoms with E-state index >= 15 is 0 Å². The molecule has 0 aliphatic carbocycles. The van der Waals surface area contributed by atoms with E-state index < -0.39 is 9.17 Å². The molecule has 72 valence electrons. The van der Waals surface area contributed by atoms with Gasteiger partial charge in [-0.2, -0.15) is 0 Å². The molecule has 13 heavy (non-hydrogen) atoms. The molecule has 0 aromatic carbocycles. The minimum absolute atomic E-state index is 0. The molecule has 0 aliphatic rings. The molecular formula is C8H17O3RbSi. The van der Waals surface area contributed by atoms with Crippen LogP contribution < -0.4 is 63.0 Å². The summed E-state index contributed by atoms with van der Waals surface area (Å²) in [5, 5.41) is 0. The monoisotopic (exact) mass is 274 g/mol. The van der Waals surface area contributed by atoms with Crippen LogP contribution in [0.4, 0.5) is 0 Å². The zero-order valence-corrected chi connectivity index (χ0v) is 14.8. The van der Waals surface area contributed by atoms with E-state index in [-0.39, 0.29) is 58.2 Å². The van der Waals surface area contributed by atoms with Gasteiger partial charge in [0, 0.05) is 6.61 Å².